The highest BCUT2D eigenvalue weighted by atomic mass is 16.3. The predicted molar refractivity (Wildman–Crippen MR) is 89.7 cm³/mol. The molecule has 2 N–H and O–H groups in total. The third kappa shape index (κ3) is 5.01. The average molecular weight is 290 g/mol. The lowest BCUT2D eigenvalue weighted by atomic mass is 10.00. The Kier molecular flexibility index (Phi) is 7.04. The zero-order valence-corrected chi connectivity index (χ0v) is 13.4. The molecule has 0 bridgehead atoms. The van der Waals surface area contributed by atoms with E-state index < -0.39 is 0 Å². The quantitative estimate of drug-likeness (QED) is 0.733. The standard InChI is InChI=1S/C18H30N2O/c1-2-7-16(10-13-21)14-19-15-17-8-3-4-9-18(17)20-11-5-6-12-20/h3-4,8-9,16,19,21H,2,5-7,10-15H2,1H3. The number of para-hydroxylation sites is 1. The molecule has 2 rings (SSSR count). The van der Waals surface area contributed by atoms with Gasteiger partial charge >= 0.3 is 0 Å². The van der Waals surface area contributed by atoms with Crippen molar-refractivity contribution < 1.29 is 5.11 Å². The van der Waals surface area contributed by atoms with Gasteiger partial charge in [-0.05, 0) is 49.8 Å². The Labute approximate surface area is 129 Å². The van der Waals surface area contributed by atoms with Crippen molar-refractivity contribution in [3.63, 3.8) is 0 Å². The zero-order chi connectivity index (χ0) is 14.9. The zero-order valence-electron chi connectivity index (χ0n) is 13.4. The van der Waals surface area contributed by atoms with Crippen LogP contribution in [0.2, 0.25) is 0 Å². The molecule has 1 fully saturated rings. The van der Waals surface area contributed by atoms with E-state index in [4.69, 9.17) is 5.11 Å². The molecule has 0 aromatic heterocycles. The summed E-state index contributed by atoms with van der Waals surface area (Å²) in [6.07, 6.45) is 5.93. The molecule has 0 aliphatic carbocycles. The van der Waals surface area contributed by atoms with Crippen molar-refractivity contribution in [3.05, 3.63) is 29.8 Å². The van der Waals surface area contributed by atoms with E-state index in [9.17, 15) is 0 Å². The molecular formula is C18H30N2O. The first-order valence-electron chi connectivity index (χ1n) is 8.49. The van der Waals surface area contributed by atoms with Crippen LogP contribution in [0.5, 0.6) is 0 Å². The summed E-state index contributed by atoms with van der Waals surface area (Å²) in [4.78, 5) is 2.51. The number of hydrogen-bond acceptors (Lipinski definition) is 3. The van der Waals surface area contributed by atoms with Gasteiger partial charge in [0.05, 0.1) is 0 Å². The van der Waals surface area contributed by atoms with E-state index >= 15 is 0 Å². The van der Waals surface area contributed by atoms with E-state index in [2.05, 4.69) is 41.4 Å². The summed E-state index contributed by atoms with van der Waals surface area (Å²) in [5.74, 6) is 0.596. The van der Waals surface area contributed by atoms with E-state index in [0.29, 0.717) is 12.5 Å². The molecular weight excluding hydrogens is 260 g/mol. The molecule has 1 aliphatic rings. The van der Waals surface area contributed by atoms with Crippen LogP contribution in [0, 0.1) is 5.92 Å². The molecule has 21 heavy (non-hydrogen) atoms. The first-order chi connectivity index (χ1) is 10.3. The Morgan fingerprint density at radius 2 is 1.95 bits per heavy atom. The van der Waals surface area contributed by atoms with Gasteiger partial charge in [-0.2, -0.15) is 0 Å². The van der Waals surface area contributed by atoms with Crippen molar-refractivity contribution in [2.24, 2.45) is 5.92 Å². The van der Waals surface area contributed by atoms with Crippen molar-refractivity contribution in [3.8, 4) is 0 Å². The second kappa shape index (κ2) is 9.06. The molecule has 1 aliphatic heterocycles. The van der Waals surface area contributed by atoms with Crippen molar-refractivity contribution >= 4 is 5.69 Å². The van der Waals surface area contributed by atoms with Gasteiger partial charge in [-0.1, -0.05) is 31.5 Å². The number of benzene rings is 1. The van der Waals surface area contributed by atoms with Crippen LogP contribution >= 0.6 is 0 Å². The summed E-state index contributed by atoms with van der Waals surface area (Å²) >= 11 is 0. The van der Waals surface area contributed by atoms with Crippen LogP contribution in [0.4, 0.5) is 5.69 Å². The number of anilines is 1. The summed E-state index contributed by atoms with van der Waals surface area (Å²) in [6, 6.07) is 8.76. The lowest BCUT2D eigenvalue weighted by molar-refractivity contribution is 0.248. The minimum atomic E-state index is 0.302. The van der Waals surface area contributed by atoms with Crippen LogP contribution in [0.3, 0.4) is 0 Å². The molecule has 0 radical (unpaired) electrons. The van der Waals surface area contributed by atoms with Gasteiger partial charge in [0.15, 0.2) is 0 Å². The van der Waals surface area contributed by atoms with Crippen LogP contribution in [-0.2, 0) is 6.54 Å². The molecule has 1 aromatic rings. The van der Waals surface area contributed by atoms with Gasteiger partial charge in [0.25, 0.3) is 0 Å². The molecule has 3 nitrogen and oxygen atoms in total. The molecule has 1 saturated heterocycles. The Morgan fingerprint density at radius 3 is 2.67 bits per heavy atom. The minimum absolute atomic E-state index is 0.302. The molecule has 0 amide bonds. The molecule has 1 atom stereocenters. The summed E-state index contributed by atoms with van der Waals surface area (Å²) in [7, 11) is 0. The second-order valence-corrected chi connectivity index (χ2v) is 6.12. The van der Waals surface area contributed by atoms with Gasteiger partial charge in [0, 0.05) is 31.9 Å². The van der Waals surface area contributed by atoms with Gasteiger partial charge in [0.2, 0.25) is 0 Å². The Bertz CT molecular complexity index is 396. The molecule has 3 heteroatoms. The predicted octanol–water partition coefficient (Wildman–Crippen LogP) is 3.18. The molecule has 0 saturated carbocycles. The molecule has 1 aromatic carbocycles. The van der Waals surface area contributed by atoms with Crippen molar-refractivity contribution in [1.29, 1.82) is 0 Å². The van der Waals surface area contributed by atoms with E-state index in [0.717, 1.165) is 19.5 Å². The highest BCUT2D eigenvalue weighted by Crippen LogP contribution is 2.24. The van der Waals surface area contributed by atoms with E-state index in [-0.39, 0.29) is 0 Å². The fraction of sp³-hybridized carbons (Fsp3) is 0.667. The van der Waals surface area contributed by atoms with Gasteiger partial charge in [-0.3, -0.25) is 0 Å². The molecule has 118 valence electrons. The van der Waals surface area contributed by atoms with Gasteiger partial charge < -0.3 is 15.3 Å². The normalized spacial score (nSPS) is 16.4. The van der Waals surface area contributed by atoms with Crippen LogP contribution in [0.1, 0.15) is 44.6 Å². The number of nitrogens with zero attached hydrogens (tertiary/aromatic N) is 1. The van der Waals surface area contributed by atoms with Crippen molar-refractivity contribution in [1.82, 2.24) is 5.32 Å². The summed E-state index contributed by atoms with van der Waals surface area (Å²) in [5.41, 5.74) is 2.80. The molecule has 0 spiro atoms. The maximum atomic E-state index is 9.13. The third-order valence-corrected chi connectivity index (χ3v) is 4.42. The second-order valence-electron chi connectivity index (χ2n) is 6.12. The minimum Gasteiger partial charge on any atom is -0.396 e. The van der Waals surface area contributed by atoms with Gasteiger partial charge in [-0.25, -0.2) is 0 Å². The monoisotopic (exact) mass is 290 g/mol. The Hall–Kier alpha value is -1.06. The number of hydrogen-bond donors (Lipinski definition) is 2. The number of rotatable bonds is 9. The number of aliphatic hydroxyl groups is 1. The smallest absolute Gasteiger partial charge is 0.0434 e. The Morgan fingerprint density at radius 1 is 1.19 bits per heavy atom. The average Bonchev–Trinajstić information content (AvgIpc) is 3.02. The number of nitrogens with one attached hydrogen (secondary N) is 1. The van der Waals surface area contributed by atoms with Crippen LogP contribution in [-0.4, -0.2) is 31.3 Å². The van der Waals surface area contributed by atoms with Crippen molar-refractivity contribution in [2.45, 2.75) is 45.6 Å². The topological polar surface area (TPSA) is 35.5 Å². The maximum absolute atomic E-state index is 9.13. The summed E-state index contributed by atoms with van der Waals surface area (Å²) in [6.45, 7) is 6.84. The molecule has 1 unspecified atom stereocenters. The van der Waals surface area contributed by atoms with Gasteiger partial charge in [-0.15, -0.1) is 0 Å². The highest BCUT2D eigenvalue weighted by molar-refractivity contribution is 5.54. The van der Waals surface area contributed by atoms with E-state index in [1.165, 1.54) is 50.0 Å². The van der Waals surface area contributed by atoms with Crippen molar-refractivity contribution in [2.75, 3.05) is 31.1 Å². The molecule has 1 heterocycles. The Balaban J connectivity index is 1.87. The summed E-state index contributed by atoms with van der Waals surface area (Å²) in [5, 5.41) is 12.7. The lowest BCUT2D eigenvalue weighted by Gasteiger charge is -2.22. The number of aliphatic hydroxyl groups excluding tert-OH is 1. The highest BCUT2D eigenvalue weighted by Gasteiger charge is 2.15. The van der Waals surface area contributed by atoms with Gasteiger partial charge in [0.1, 0.15) is 0 Å². The summed E-state index contributed by atoms with van der Waals surface area (Å²) < 4.78 is 0. The lowest BCUT2D eigenvalue weighted by Crippen LogP contribution is -2.25. The first kappa shape index (κ1) is 16.3. The van der Waals surface area contributed by atoms with Crippen LogP contribution in [0.15, 0.2) is 24.3 Å². The van der Waals surface area contributed by atoms with E-state index in [1.807, 2.05) is 0 Å². The first-order valence-corrected chi connectivity index (χ1v) is 8.49. The van der Waals surface area contributed by atoms with E-state index in [1.54, 1.807) is 0 Å². The third-order valence-electron chi connectivity index (χ3n) is 4.42. The SMILES string of the molecule is CCCC(CCO)CNCc1ccccc1N1CCCC1. The van der Waals surface area contributed by atoms with Crippen LogP contribution in [0.25, 0.3) is 0 Å². The fourth-order valence-corrected chi connectivity index (χ4v) is 3.28. The largest absolute Gasteiger partial charge is 0.396 e. The van der Waals surface area contributed by atoms with Crippen LogP contribution < -0.4 is 10.2 Å². The maximum Gasteiger partial charge on any atom is 0.0434 e. The fourth-order valence-electron chi connectivity index (χ4n) is 3.28.